The van der Waals surface area contributed by atoms with Crippen molar-refractivity contribution in [2.45, 2.75) is 31.5 Å². The van der Waals surface area contributed by atoms with Gasteiger partial charge in [0.2, 0.25) is 0 Å². The van der Waals surface area contributed by atoms with Crippen molar-refractivity contribution in [2.75, 3.05) is 20.1 Å². The van der Waals surface area contributed by atoms with Crippen LogP contribution >= 0.6 is 0 Å². The number of nitrogens with two attached hydrogens (primary N) is 2. The third-order valence-electron chi connectivity index (χ3n) is 4.92. The van der Waals surface area contributed by atoms with Gasteiger partial charge in [0, 0.05) is 31.2 Å². The van der Waals surface area contributed by atoms with Crippen molar-refractivity contribution >= 4 is 17.7 Å². The van der Waals surface area contributed by atoms with Gasteiger partial charge in [-0.25, -0.2) is 4.99 Å². The number of nitrogens with one attached hydrogen (secondary N) is 2. The fraction of sp³-hybridized carbons (Fsp3) is 0.421. The number of amides is 1. The van der Waals surface area contributed by atoms with E-state index >= 15 is 0 Å². The quantitative estimate of drug-likeness (QED) is 0.530. The van der Waals surface area contributed by atoms with E-state index in [9.17, 15) is 4.79 Å². The van der Waals surface area contributed by atoms with Crippen LogP contribution in [0.1, 0.15) is 25.0 Å². The van der Waals surface area contributed by atoms with Crippen LogP contribution in [0.25, 0.3) is 5.57 Å². The molecule has 0 saturated carbocycles. The highest BCUT2D eigenvalue weighted by Gasteiger charge is 2.21. The zero-order valence-corrected chi connectivity index (χ0v) is 15.6. The van der Waals surface area contributed by atoms with E-state index in [1.54, 1.807) is 12.4 Å². The molecule has 144 valence electrons. The van der Waals surface area contributed by atoms with E-state index in [-0.39, 0.29) is 5.91 Å². The molecule has 27 heavy (non-hydrogen) atoms. The summed E-state index contributed by atoms with van der Waals surface area (Å²) in [6.07, 6.45) is 7.44. The molecule has 1 amide bonds. The number of rotatable bonds is 6. The molecule has 1 unspecified atom stereocenters. The molecule has 0 aromatic carbocycles. The Balaban J connectivity index is 1.60. The molecule has 0 radical (unpaired) electrons. The normalized spacial score (nSPS) is 21.8. The van der Waals surface area contributed by atoms with Crippen molar-refractivity contribution in [3.8, 4) is 0 Å². The van der Waals surface area contributed by atoms with Gasteiger partial charge < -0.3 is 27.0 Å². The van der Waals surface area contributed by atoms with Crippen LogP contribution in [0.3, 0.4) is 0 Å². The third kappa shape index (κ3) is 4.79. The molecular formula is C19H27N7O. The summed E-state index contributed by atoms with van der Waals surface area (Å²) in [4.78, 5) is 23.3. The lowest BCUT2D eigenvalue weighted by Gasteiger charge is -2.20. The standard InChI is InChI=1S/C19H27N7O/c1-26-10-4-5-14(26)7-9-23-19(27)13-11-24-18(25-12-13)16(17(20)21)15-6-2-3-8-22-15/h2-3,6,8,11-12,14,17,24H,4-5,7,9-10,20-21H2,1H3,(H,23,27)/b18-16+. The topological polar surface area (TPSA) is 122 Å². The van der Waals surface area contributed by atoms with Crippen molar-refractivity contribution in [3.05, 3.63) is 47.7 Å². The highest BCUT2D eigenvalue weighted by Crippen LogP contribution is 2.19. The molecule has 0 spiro atoms. The van der Waals surface area contributed by atoms with E-state index in [0.717, 1.165) is 13.0 Å². The lowest BCUT2D eigenvalue weighted by molar-refractivity contribution is -0.117. The fourth-order valence-corrected chi connectivity index (χ4v) is 3.40. The number of aromatic nitrogens is 1. The van der Waals surface area contributed by atoms with Gasteiger partial charge in [-0.2, -0.15) is 0 Å². The highest BCUT2D eigenvalue weighted by molar-refractivity contribution is 6.12. The molecule has 2 aliphatic rings. The van der Waals surface area contributed by atoms with Gasteiger partial charge in [0.1, 0.15) is 5.82 Å². The Kier molecular flexibility index (Phi) is 6.33. The SMILES string of the molecule is CN1CCCC1CCNC(=O)C1=CN/C(=C(/c2ccccn2)C(N)N)N=C1. The van der Waals surface area contributed by atoms with Crippen LogP contribution in [-0.2, 0) is 4.79 Å². The van der Waals surface area contributed by atoms with Gasteiger partial charge in [-0.1, -0.05) is 6.07 Å². The average Bonchev–Trinajstić information content (AvgIpc) is 3.08. The molecule has 1 aromatic heterocycles. The molecular weight excluding hydrogens is 342 g/mol. The minimum Gasteiger partial charge on any atom is -0.352 e. The summed E-state index contributed by atoms with van der Waals surface area (Å²) in [5.41, 5.74) is 13.5. The van der Waals surface area contributed by atoms with Gasteiger partial charge in [0.05, 0.1) is 23.0 Å². The molecule has 2 aliphatic heterocycles. The summed E-state index contributed by atoms with van der Waals surface area (Å²) in [7, 11) is 2.13. The highest BCUT2D eigenvalue weighted by atomic mass is 16.1. The van der Waals surface area contributed by atoms with Crippen LogP contribution in [-0.4, -0.2) is 54.4 Å². The minimum atomic E-state index is -0.744. The van der Waals surface area contributed by atoms with Crippen molar-refractivity contribution in [3.63, 3.8) is 0 Å². The summed E-state index contributed by atoms with van der Waals surface area (Å²) < 4.78 is 0. The predicted molar refractivity (Wildman–Crippen MR) is 106 cm³/mol. The number of carbonyl (C=O) groups is 1. The first-order valence-electron chi connectivity index (χ1n) is 9.22. The Morgan fingerprint density at radius 3 is 2.89 bits per heavy atom. The molecule has 3 heterocycles. The first kappa shape index (κ1) is 19.2. The van der Waals surface area contributed by atoms with Gasteiger partial charge >= 0.3 is 0 Å². The third-order valence-corrected chi connectivity index (χ3v) is 4.92. The molecule has 8 nitrogen and oxygen atoms in total. The van der Waals surface area contributed by atoms with E-state index < -0.39 is 6.17 Å². The largest absolute Gasteiger partial charge is 0.352 e. The number of pyridine rings is 1. The number of carbonyl (C=O) groups excluding carboxylic acids is 1. The second-order valence-corrected chi connectivity index (χ2v) is 6.83. The number of likely N-dealkylation sites (tertiary alicyclic amines) is 1. The summed E-state index contributed by atoms with van der Waals surface area (Å²) in [6, 6.07) is 6.04. The summed E-state index contributed by atoms with van der Waals surface area (Å²) in [6.45, 7) is 1.78. The second-order valence-electron chi connectivity index (χ2n) is 6.83. The van der Waals surface area contributed by atoms with Crippen LogP contribution in [0, 0.1) is 0 Å². The molecule has 1 saturated heterocycles. The smallest absolute Gasteiger partial charge is 0.254 e. The number of nitrogens with zero attached hydrogens (tertiary/aromatic N) is 3. The monoisotopic (exact) mass is 369 g/mol. The zero-order chi connectivity index (χ0) is 19.2. The maximum Gasteiger partial charge on any atom is 0.254 e. The molecule has 6 N–H and O–H groups in total. The van der Waals surface area contributed by atoms with Crippen LogP contribution < -0.4 is 22.1 Å². The molecule has 8 heteroatoms. The van der Waals surface area contributed by atoms with E-state index in [4.69, 9.17) is 11.5 Å². The fourth-order valence-electron chi connectivity index (χ4n) is 3.40. The Morgan fingerprint density at radius 2 is 2.30 bits per heavy atom. The second kappa shape index (κ2) is 8.90. The Bertz CT molecular complexity index is 755. The molecule has 3 rings (SSSR count). The van der Waals surface area contributed by atoms with Crippen LogP contribution in [0.2, 0.25) is 0 Å². The number of aliphatic imine (C=N–C) groups is 1. The van der Waals surface area contributed by atoms with E-state index in [1.165, 1.54) is 19.1 Å². The maximum atomic E-state index is 12.3. The number of hydrogen-bond donors (Lipinski definition) is 4. The van der Waals surface area contributed by atoms with Crippen molar-refractivity contribution in [1.29, 1.82) is 0 Å². The minimum absolute atomic E-state index is 0.151. The first-order valence-corrected chi connectivity index (χ1v) is 9.22. The van der Waals surface area contributed by atoms with Gasteiger partial charge in [-0.15, -0.1) is 0 Å². The Hall–Kier alpha value is -2.55. The lowest BCUT2D eigenvalue weighted by Crippen LogP contribution is -2.35. The van der Waals surface area contributed by atoms with Gasteiger partial charge in [0.15, 0.2) is 0 Å². The van der Waals surface area contributed by atoms with E-state index in [0.29, 0.717) is 35.2 Å². The van der Waals surface area contributed by atoms with Crippen molar-refractivity contribution < 1.29 is 4.79 Å². The Morgan fingerprint density at radius 1 is 1.44 bits per heavy atom. The van der Waals surface area contributed by atoms with Crippen LogP contribution in [0.15, 0.2) is 47.0 Å². The molecule has 1 aromatic rings. The summed E-state index contributed by atoms with van der Waals surface area (Å²) >= 11 is 0. The van der Waals surface area contributed by atoms with Crippen LogP contribution in [0.4, 0.5) is 0 Å². The predicted octanol–water partition coefficient (Wildman–Crippen LogP) is 0.152. The molecule has 0 aliphatic carbocycles. The first-order chi connectivity index (χ1) is 13.1. The van der Waals surface area contributed by atoms with Gasteiger partial charge in [0.25, 0.3) is 5.91 Å². The van der Waals surface area contributed by atoms with Gasteiger partial charge in [-0.05, 0) is 45.0 Å². The summed E-state index contributed by atoms with van der Waals surface area (Å²) in [5, 5.41) is 5.97. The van der Waals surface area contributed by atoms with Gasteiger partial charge in [-0.3, -0.25) is 9.78 Å². The molecule has 0 bridgehead atoms. The lowest BCUT2D eigenvalue weighted by atomic mass is 10.1. The number of hydrogen-bond acceptors (Lipinski definition) is 7. The summed E-state index contributed by atoms with van der Waals surface area (Å²) in [5.74, 6) is 0.343. The van der Waals surface area contributed by atoms with E-state index in [1.807, 2.05) is 18.2 Å². The maximum absolute atomic E-state index is 12.3. The Labute approximate surface area is 159 Å². The van der Waals surface area contributed by atoms with Crippen molar-refractivity contribution in [1.82, 2.24) is 20.5 Å². The van der Waals surface area contributed by atoms with Crippen LogP contribution in [0.5, 0.6) is 0 Å². The zero-order valence-electron chi connectivity index (χ0n) is 15.6. The van der Waals surface area contributed by atoms with Crippen molar-refractivity contribution in [2.24, 2.45) is 16.5 Å². The molecule has 1 fully saturated rings. The molecule has 1 atom stereocenters. The average molecular weight is 369 g/mol. The van der Waals surface area contributed by atoms with E-state index in [2.05, 4.69) is 32.6 Å².